The van der Waals surface area contributed by atoms with Crippen LogP contribution in [0.15, 0.2) is 18.2 Å². The van der Waals surface area contributed by atoms with Crippen LogP contribution in [0.5, 0.6) is 5.75 Å². The lowest BCUT2D eigenvalue weighted by molar-refractivity contribution is -0.384. The van der Waals surface area contributed by atoms with E-state index in [1.165, 1.54) is 19.1 Å². The Morgan fingerprint density at radius 2 is 2.26 bits per heavy atom. The van der Waals surface area contributed by atoms with Gasteiger partial charge in [0, 0.05) is 6.92 Å². The van der Waals surface area contributed by atoms with Crippen LogP contribution in [0.2, 0.25) is 0 Å². The molecular weight excluding hydrogens is 256 g/mol. The molecule has 0 spiro atoms. The van der Waals surface area contributed by atoms with Gasteiger partial charge in [-0.1, -0.05) is 0 Å². The van der Waals surface area contributed by atoms with Crippen molar-refractivity contribution in [3.8, 4) is 5.75 Å². The highest BCUT2D eigenvalue weighted by molar-refractivity contribution is 5.91. The Kier molecular flexibility index (Phi) is 5.22. The number of nitrogens with zero attached hydrogens (tertiary/aromatic N) is 1. The molecule has 0 fully saturated rings. The standard InChI is InChI=1S/C11H14N2O6/c1-7(15)12-10-3-2-9(4-11(10)13(17)18)19-6-8(16)5-14/h2-4,8,14,16H,5-6H2,1H3,(H,12,15). The largest absolute Gasteiger partial charge is 0.491 e. The zero-order chi connectivity index (χ0) is 14.4. The van der Waals surface area contributed by atoms with Gasteiger partial charge >= 0.3 is 0 Å². The van der Waals surface area contributed by atoms with Gasteiger partial charge in [-0.25, -0.2) is 0 Å². The number of aliphatic hydroxyl groups excluding tert-OH is 2. The quantitative estimate of drug-likeness (QED) is 0.504. The van der Waals surface area contributed by atoms with E-state index < -0.39 is 23.5 Å². The highest BCUT2D eigenvalue weighted by Gasteiger charge is 2.16. The van der Waals surface area contributed by atoms with Gasteiger partial charge in [-0.05, 0) is 12.1 Å². The molecule has 1 aromatic carbocycles. The Balaban J connectivity index is 2.89. The molecule has 1 atom stereocenters. The number of amides is 1. The first-order valence-electron chi connectivity index (χ1n) is 5.41. The van der Waals surface area contributed by atoms with Crippen LogP contribution >= 0.6 is 0 Å². The minimum absolute atomic E-state index is 0.0626. The Morgan fingerprint density at radius 3 is 2.79 bits per heavy atom. The summed E-state index contributed by atoms with van der Waals surface area (Å²) in [7, 11) is 0. The first-order chi connectivity index (χ1) is 8.93. The van der Waals surface area contributed by atoms with E-state index in [9.17, 15) is 14.9 Å². The molecular formula is C11H14N2O6. The summed E-state index contributed by atoms with van der Waals surface area (Å²) in [4.78, 5) is 21.1. The van der Waals surface area contributed by atoms with E-state index in [2.05, 4.69) is 5.32 Å². The molecule has 1 amide bonds. The van der Waals surface area contributed by atoms with Gasteiger partial charge in [-0.15, -0.1) is 0 Å². The van der Waals surface area contributed by atoms with Crippen molar-refractivity contribution in [3.05, 3.63) is 28.3 Å². The van der Waals surface area contributed by atoms with Crippen LogP contribution in [0, 0.1) is 10.1 Å². The summed E-state index contributed by atoms with van der Waals surface area (Å²) in [6.07, 6.45) is -1.06. The third kappa shape index (κ3) is 4.53. The second-order valence-electron chi connectivity index (χ2n) is 3.76. The predicted molar refractivity (Wildman–Crippen MR) is 66.0 cm³/mol. The summed E-state index contributed by atoms with van der Waals surface area (Å²) >= 11 is 0. The topological polar surface area (TPSA) is 122 Å². The number of carbonyl (C=O) groups is 1. The highest BCUT2D eigenvalue weighted by Crippen LogP contribution is 2.29. The lowest BCUT2D eigenvalue weighted by Crippen LogP contribution is -2.21. The number of benzene rings is 1. The molecule has 1 unspecified atom stereocenters. The van der Waals surface area contributed by atoms with Crippen molar-refractivity contribution in [3.63, 3.8) is 0 Å². The number of anilines is 1. The average molecular weight is 270 g/mol. The minimum Gasteiger partial charge on any atom is -0.491 e. The van der Waals surface area contributed by atoms with E-state index in [1.807, 2.05) is 0 Å². The summed E-state index contributed by atoms with van der Waals surface area (Å²) in [5.74, 6) is -0.263. The number of nitrogens with one attached hydrogen (secondary N) is 1. The first-order valence-corrected chi connectivity index (χ1v) is 5.41. The number of hydrogen-bond acceptors (Lipinski definition) is 6. The van der Waals surface area contributed by atoms with Gasteiger partial charge in [0.2, 0.25) is 5.91 Å². The van der Waals surface area contributed by atoms with Crippen molar-refractivity contribution < 1.29 is 24.7 Å². The molecule has 19 heavy (non-hydrogen) atoms. The normalized spacial score (nSPS) is 11.7. The van der Waals surface area contributed by atoms with Crippen molar-refractivity contribution in [1.82, 2.24) is 0 Å². The molecule has 8 nitrogen and oxygen atoms in total. The molecule has 0 saturated heterocycles. The fourth-order valence-corrected chi connectivity index (χ4v) is 1.29. The minimum atomic E-state index is -1.06. The fraction of sp³-hybridized carbons (Fsp3) is 0.364. The van der Waals surface area contributed by atoms with Gasteiger partial charge in [-0.2, -0.15) is 0 Å². The molecule has 104 valence electrons. The van der Waals surface area contributed by atoms with Gasteiger partial charge in [0.05, 0.1) is 17.6 Å². The third-order valence-corrected chi connectivity index (χ3v) is 2.13. The predicted octanol–water partition coefficient (Wildman–Crippen LogP) is 0.285. The Labute approximate surface area is 108 Å². The van der Waals surface area contributed by atoms with E-state index in [4.69, 9.17) is 14.9 Å². The van der Waals surface area contributed by atoms with Crippen LogP contribution in [0.25, 0.3) is 0 Å². The lowest BCUT2D eigenvalue weighted by Gasteiger charge is -2.10. The van der Waals surface area contributed by atoms with E-state index in [-0.39, 0.29) is 23.7 Å². The van der Waals surface area contributed by atoms with Crippen molar-refractivity contribution in [2.45, 2.75) is 13.0 Å². The summed E-state index contributed by atoms with van der Waals surface area (Å²) in [6, 6.07) is 3.89. The summed E-state index contributed by atoms with van der Waals surface area (Å²) in [6.45, 7) is 0.588. The maximum Gasteiger partial charge on any atom is 0.296 e. The smallest absolute Gasteiger partial charge is 0.296 e. The van der Waals surface area contributed by atoms with Crippen molar-refractivity contribution >= 4 is 17.3 Å². The molecule has 0 aliphatic heterocycles. The van der Waals surface area contributed by atoms with Gasteiger partial charge in [0.1, 0.15) is 24.1 Å². The Hall–Kier alpha value is -2.19. The SMILES string of the molecule is CC(=O)Nc1ccc(OCC(O)CO)cc1[N+](=O)[O-]. The Morgan fingerprint density at radius 1 is 1.58 bits per heavy atom. The summed E-state index contributed by atoms with van der Waals surface area (Å²) in [5, 5.41) is 30.9. The second-order valence-corrected chi connectivity index (χ2v) is 3.76. The van der Waals surface area contributed by atoms with Crippen LogP contribution in [0.1, 0.15) is 6.92 Å². The van der Waals surface area contributed by atoms with Gasteiger partial charge < -0.3 is 20.3 Å². The molecule has 1 rings (SSSR count). The average Bonchev–Trinajstić information content (AvgIpc) is 2.36. The molecule has 0 heterocycles. The van der Waals surface area contributed by atoms with E-state index in [0.29, 0.717) is 0 Å². The molecule has 0 bridgehead atoms. The maximum absolute atomic E-state index is 10.9. The number of rotatable bonds is 6. The zero-order valence-corrected chi connectivity index (χ0v) is 10.2. The van der Waals surface area contributed by atoms with Gasteiger partial charge in [-0.3, -0.25) is 14.9 Å². The Bertz CT molecular complexity index is 476. The second kappa shape index (κ2) is 6.66. The summed E-state index contributed by atoms with van der Waals surface area (Å²) in [5.41, 5.74) is -0.251. The van der Waals surface area contributed by atoms with Crippen LogP contribution in [0.3, 0.4) is 0 Å². The number of hydrogen-bond donors (Lipinski definition) is 3. The molecule has 1 aromatic rings. The van der Waals surface area contributed by atoms with Crippen LogP contribution in [-0.4, -0.2) is 40.4 Å². The summed E-state index contributed by atoms with van der Waals surface area (Å²) < 4.78 is 5.08. The molecule has 0 saturated carbocycles. The fourth-order valence-electron chi connectivity index (χ4n) is 1.29. The first kappa shape index (κ1) is 14.9. The number of ether oxygens (including phenoxy) is 1. The molecule has 0 aromatic heterocycles. The van der Waals surface area contributed by atoms with Crippen LogP contribution < -0.4 is 10.1 Å². The number of nitro groups is 1. The van der Waals surface area contributed by atoms with E-state index >= 15 is 0 Å². The van der Waals surface area contributed by atoms with Crippen LogP contribution in [-0.2, 0) is 4.79 Å². The molecule has 3 N–H and O–H groups in total. The zero-order valence-electron chi connectivity index (χ0n) is 10.2. The van der Waals surface area contributed by atoms with E-state index in [0.717, 1.165) is 6.07 Å². The molecule has 0 aliphatic rings. The maximum atomic E-state index is 10.9. The van der Waals surface area contributed by atoms with Crippen molar-refractivity contribution in [2.75, 3.05) is 18.5 Å². The third-order valence-electron chi connectivity index (χ3n) is 2.13. The number of nitro benzene ring substituents is 1. The monoisotopic (exact) mass is 270 g/mol. The lowest BCUT2D eigenvalue weighted by atomic mass is 10.2. The molecule has 8 heteroatoms. The molecule has 0 aliphatic carbocycles. The number of aliphatic hydroxyl groups is 2. The van der Waals surface area contributed by atoms with Gasteiger partial charge in [0.25, 0.3) is 5.69 Å². The number of carbonyl (C=O) groups excluding carboxylic acids is 1. The molecule has 0 radical (unpaired) electrons. The highest BCUT2D eigenvalue weighted by atomic mass is 16.6. The van der Waals surface area contributed by atoms with Crippen molar-refractivity contribution in [2.24, 2.45) is 0 Å². The van der Waals surface area contributed by atoms with Crippen molar-refractivity contribution in [1.29, 1.82) is 0 Å². The van der Waals surface area contributed by atoms with Crippen LogP contribution in [0.4, 0.5) is 11.4 Å². The van der Waals surface area contributed by atoms with E-state index in [1.54, 1.807) is 0 Å². The van der Waals surface area contributed by atoms with Gasteiger partial charge in [0.15, 0.2) is 0 Å².